The minimum atomic E-state index is -1.18. The van der Waals surface area contributed by atoms with Gasteiger partial charge in [-0.1, -0.05) is 0 Å². The van der Waals surface area contributed by atoms with Gasteiger partial charge >= 0.3 is 17.9 Å². The van der Waals surface area contributed by atoms with Crippen molar-refractivity contribution < 1.29 is 34.4 Å². The van der Waals surface area contributed by atoms with Crippen molar-refractivity contribution in [3.05, 3.63) is 12.2 Å². The number of carbonyl (C=O) groups is 3. The lowest BCUT2D eigenvalue weighted by Gasteiger charge is -1.96. The van der Waals surface area contributed by atoms with Crippen molar-refractivity contribution in [2.45, 2.75) is 6.04 Å². The van der Waals surface area contributed by atoms with Crippen molar-refractivity contribution in [3.63, 3.8) is 0 Å². The number of rotatable bonds is 4. The van der Waals surface area contributed by atoms with Crippen LogP contribution in [0, 0.1) is 0 Å². The van der Waals surface area contributed by atoms with Gasteiger partial charge in [-0.25, -0.2) is 9.59 Å². The Balaban J connectivity index is 0. The first-order valence-corrected chi connectivity index (χ1v) is 3.93. The van der Waals surface area contributed by atoms with Crippen LogP contribution in [0.2, 0.25) is 0 Å². The van der Waals surface area contributed by atoms with Crippen molar-refractivity contribution in [2.75, 3.05) is 13.7 Å². The van der Waals surface area contributed by atoms with E-state index in [0.717, 1.165) is 6.08 Å². The van der Waals surface area contributed by atoms with Crippen LogP contribution in [-0.4, -0.2) is 53.0 Å². The molecule has 0 aliphatic carbocycles. The Morgan fingerprint density at radius 2 is 1.81 bits per heavy atom. The quantitative estimate of drug-likeness (QED) is 0.329. The zero-order chi connectivity index (χ0) is 13.1. The normalized spacial score (nSPS) is 11.2. The van der Waals surface area contributed by atoms with E-state index in [1.165, 1.54) is 7.11 Å². The van der Waals surface area contributed by atoms with Crippen molar-refractivity contribution in [2.24, 2.45) is 5.73 Å². The lowest BCUT2D eigenvalue weighted by molar-refractivity contribution is -0.139. The van der Waals surface area contributed by atoms with Gasteiger partial charge in [-0.05, 0) is 0 Å². The van der Waals surface area contributed by atoms with E-state index in [9.17, 15) is 14.4 Å². The Morgan fingerprint density at radius 3 is 2.00 bits per heavy atom. The molecule has 92 valence electrons. The van der Waals surface area contributed by atoms with Gasteiger partial charge in [0, 0.05) is 12.2 Å². The lowest BCUT2D eigenvalue weighted by Crippen LogP contribution is -2.33. The van der Waals surface area contributed by atoms with Crippen molar-refractivity contribution in [1.82, 2.24) is 0 Å². The molecular formula is C8H13NO7. The molecule has 0 rings (SSSR count). The maximum absolute atomic E-state index is 10.1. The van der Waals surface area contributed by atoms with Crippen LogP contribution in [0.25, 0.3) is 0 Å². The van der Waals surface area contributed by atoms with Gasteiger partial charge < -0.3 is 25.8 Å². The van der Waals surface area contributed by atoms with Gasteiger partial charge in [-0.15, -0.1) is 0 Å². The minimum Gasteiger partial charge on any atom is -0.480 e. The topological polar surface area (TPSA) is 147 Å². The third-order valence-corrected chi connectivity index (χ3v) is 1.08. The number of ether oxygens (including phenoxy) is 1. The van der Waals surface area contributed by atoms with E-state index in [-0.39, 0.29) is 0 Å². The number of methoxy groups -OCH3 is 1. The number of carboxylic acid groups (broad SMARTS) is 2. The molecule has 0 unspecified atom stereocenters. The number of esters is 1. The summed E-state index contributed by atoms with van der Waals surface area (Å²) < 4.78 is 4.11. The van der Waals surface area contributed by atoms with E-state index < -0.39 is 30.6 Å². The summed E-state index contributed by atoms with van der Waals surface area (Å²) in [7, 11) is 1.18. The minimum absolute atomic E-state index is 0.505. The summed E-state index contributed by atoms with van der Waals surface area (Å²) in [6.45, 7) is -0.505. The Labute approximate surface area is 90.9 Å². The second kappa shape index (κ2) is 9.62. The Kier molecular flexibility index (Phi) is 9.92. The molecule has 0 heterocycles. The fourth-order valence-corrected chi connectivity index (χ4v) is 0.285. The molecule has 1 atom stereocenters. The molecule has 0 radical (unpaired) electrons. The van der Waals surface area contributed by atoms with Crippen LogP contribution in [-0.2, 0) is 19.1 Å². The SMILES string of the molecule is COC(=O)/C=C/C(=O)O.N[C@@H](CO)C(=O)O. The average Bonchev–Trinajstić information content (AvgIpc) is 2.25. The molecule has 0 saturated heterocycles. The summed E-state index contributed by atoms with van der Waals surface area (Å²) in [4.78, 5) is 29.5. The predicted molar refractivity (Wildman–Crippen MR) is 51.5 cm³/mol. The number of hydrogen-bond acceptors (Lipinski definition) is 6. The number of carboxylic acids is 2. The molecule has 5 N–H and O–H groups in total. The molecule has 0 aliphatic heterocycles. The Bertz CT molecular complexity index is 274. The molecule has 0 aliphatic rings. The van der Waals surface area contributed by atoms with Gasteiger partial charge in [0.2, 0.25) is 0 Å². The molecule has 8 heteroatoms. The maximum Gasteiger partial charge on any atom is 0.330 e. The van der Waals surface area contributed by atoms with Crippen molar-refractivity contribution in [3.8, 4) is 0 Å². The fraction of sp³-hybridized carbons (Fsp3) is 0.375. The van der Waals surface area contributed by atoms with E-state index >= 15 is 0 Å². The number of aliphatic hydroxyl groups excluding tert-OH is 1. The van der Waals surface area contributed by atoms with Crippen LogP contribution < -0.4 is 5.73 Å². The van der Waals surface area contributed by atoms with Gasteiger partial charge in [-0.3, -0.25) is 4.79 Å². The average molecular weight is 235 g/mol. The summed E-state index contributed by atoms with van der Waals surface area (Å²) in [6, 6.07) is -1.13. The molecule has 0 aromatic carbocycles. The standard InChI is InChI=1S/C5H6O4.C3H7NO3/c1-9-5(8)3-2-4(6)7;4-2(1-5)3(6)7/h2-3H,1H3,(H,6,7);2,5H,1,4H2,(H,6,7)/b3-2+;/t;2-/m.0/s1. The molecular weight excluding hydrogens is 222 g/mol. The fourth-order valence-electron chi connectivity index (χ4n) is 0.285. The third kappa shape index (κ3) is 12.1. The molecule has 8 nitrogen and oxygen atoms in total. The molecule has 16 heavy (non-hydrogen) atoms. The van der Waals surface area contributed by atoms with Gasteiger partial charge in [0.05, 0.1) is 13.7 Å². The van der Waals surface area contributed by atoms with E-state index in [4.69, 9.17) is 21.1 Å². The highest BCUT2D eigenvalue weighted by atomic mass is 16.5. The second-order valence-corrected chi connectivity index (χ2v) is 2.32. The molecule has 0 aromatic heterocycles. The molecule has 0 aromatic rings. The van der Waals surface area contributed by atoms with Gasteiger partial charge in [0.15, 0.2) is 0 Å². The molecule has 0 fully saturated rings. The van der Waals surface area contributed by atoms with E-state index in [2.05, 4.69) is 4.74 Å². The number of aliphatic hydroxyl groups is 1. The summed E-state index contributed by atoms with van der Waals surface area (Å²) in [5, 5.41) is 23.9. The molecule has 0 bridgehead atoms. The first-order chi connectivity index (χ1) is 7.34. The lowest BCUT2D eigenvalue weighted by atomic mass is 10.3. The smallest absolute Gasteiger partial charge is 0.330 e. The molecule has 0 saturated carbocycles. The van der Waals surface area contributed by atoms with E-state index in [1.54, 1.807) is 0 Å². The highest BCUT2D eigenvalue weighted by Crippen LogP contribution is 1.76. The summed E-state index contributed by atoms with van der Waals surface area (Å²) >= 11 is 0. The third-order valence-electron chi connectivity index (χ3n) is 1.08. The largest absolute Gasteiger partial charge is 0.480 e. The molecule has 0 amide bonds. The first kappa shape index (κ1) is 16.5. The van der Waals surface area contributed by atoms with Crippen LogP contribution in [0.3, 0.4) is 0 Å². The number of aliphatic carboxylic acids is 2. The number of hydrogen-bond donors (Lipinski definition) is 4. The van der Waals surface area contributed by atoms with Gasteiger partial charge in [-0.2, -0.15) is 0 Å². The van der Waals surface area contributed by atoms with Crippen LogP contribution in [0.4, 0.5) is 0 Å². The molecule has 0 spiro atoms. The highest BCUT2D eigenvalue weighted by molar-refractivity contribution is 5.90. The van der Waals surface area contributed by atoms with Crippen LogP contribution in [0.15, 0.2) is 12.2 Å². The van der Waals surface area contributed by atoms with Crippen LogP contribution in [0.1, 0.15) is 0 Å². The summed E-state index contributed by atoms with van der Waals surface area (Å²) in [6.07, 6.45) is 1.55. The van der Waals surface area contributed by atoms with Gasteiger partial charge in [0.25, 0.3) is 0 Å². The van der Waals surface area contributed by atoms with E-state index in [0.29, 0.717) is 6.08 Å². The van der Waals surface area contributed by atoms with E-state index in [1.807, 2.05) is 0 Å². The predicted octanol–water partition coefficient (Wildman–Crippen LogP) is -1.81. The number of carbonyl (C=O) groups excluding carboxylic acids is 1. The highest BCUT2D eigenvalue weighted by Gasteiger charge is 2.06. The summed E-state index contributed by atoms with van der Waals surface area (Å²) in [5.74, 6) is -3.01. The maximum atomic E-state index is 10.1. The zero-order valence-corrected chi connectivity index (χ0v) is 8.49. The first-order valence-electron chi connectivity index (χ1n) is 3.93. The van der Waals surface area contributed by atoms with Crippen molar-refractivity contribution in [1.29, 1.82) is 0 Å². The zero-order valence-electron chi connectivity index (χ0n) is 8.49. The Morgan fingerprint density at radius 1 is 1.31 bits per heavy atom. The second-order valence-electron chi connectivity index (χ2n) is 2.32. The van der Waals surface area contributed by atoms with Gasteiger partial charge in [0.1, 0.15) is 6.04 Å². The monoisotopic (exact) mass is 235 g/mol. The Hall–Kier alpha value is -1.93. The van der Waals surface area contributed by atoms with Crippen molar-refractivity contribution >= 4 is 17.9 Å². The van der Waals surface area contributed by atoms with Crippen LogP contribution >= 0.6 is 0 Å². The summed E-state index contributed by atoms with van der Waals surface area (Å²) in [5.41, 5.74) is 4.77. The number of nitrogens with two attached hydrogens (primary N) is 1. The van der Waals surface area contributed by atoms with Crippen LogP contribution in [0.5, 0.6) is 0 Å².